The zero-order chi connectivity index (χ0) is 19.2. The number of carbonyl (C=O) groups is 3. The van der Waals surface area contributed by atoms with Crippen molar-refractivity contribution in [2.24, 2.45) is 0 Å². The molecule has 2 aromatic rings. The predicted molar refractivity (Wildman–Crippen MR) is 95.0 cm³/mol. The van der Waals surface area contributed by atoms with Crippen LogP contribution >= 0.6 is 0 Å². The standard InChI is InChI=1S/C19H20N2O6/c1-13(19(24)20-11-14-5-4-10-25-14)27-18(23)8-9-21-15-6-2-3-7-16(15)26-12-17(21)22/h2-7,10,13H,8-9,11-12H2,1H3,(H,20,24)/t13-/m0/s1. The monoisotopic (exact) mass is 372 g/mol. The number of nitrogens with one attached hydrogen (secondary N) is 1. The average Bonchev–Trinajstić information content (AvgIpc) is 3.18. The number of rotatable bonds is 7. The van der Waals surface area contributed by atoms with Gasteiger partial charge in [-0.15, -0.1) is 0 Å². The fourth-order valence-electron chi connectivity index (χ4n) is 2.64. The van der Waals surface area contributed by atoms with E-state index in [4.69, 9.17) is 13.9 Å². The lowest BCUT2D eigenvalue weighted by Crippen LogP contribution is -2.41. The van der Waals surface area contributed by atoms with E-state index < -0.39 is 18.0 Å². The van der Waals surface area contributed by atoms with Crippen LogP contribution in [0.2, 0.25) is 0 Å². The number of esters is 1. The molecule has 8 nitrogen and oxygen atoms in total. The largest absolute Gasteiger partial charge is 0.482 e. The van der Waals surface area contributed by atoms with Crippen LogP contribution in [-0.2, 0) is 25.7 Å². The molecule has 1 atom stereocenters. The molecule has 1 aromatic carbocycles. The molecule has 2 heterocycles. The third kappa shape index (κ3) is 4.66. The van der Waals surface area contributed by atoms with Gasteiger partial charge in [-0.05, 0) is 31.2 Å². The molecule has 0 fully saturated rings. The summed E-state index contributed by atoms with van der Waals surface area (Å²) in [4.78, 5) is 37.6. The van der Waals surface area contributed by atoms with Gasteiger partial charge in [-0.25, -0.2) is 0 Å². The summed E-state index contributed by atoms with van der Waals surface area (Å²) in [6, 6.07) is 10.6. The first kappa shape index (κ1) is 18.5. The first-order valence-electron chi connectivity index (χ1n) is 8.56. The van der Waals surface area contributed by atoms with Crippen LogP contribution in [0.4, 0.5) is 5.69 Å². The summed E-state index contributed by atoms with van der Waals surface area (Å²) in [6.45, 7) is 1.79. The summed E-state index contributed by atoms with van der Waals surface area (Å²) < 4.78 is 15.6. The first-order valence-corrected chi connectivity index (χ1v) is 8.56. The van der Waals surface area contributed by atoms with Crippen molar-refractivity contribution in [2.75, 3.05) is 18.1 Å². The second kappa shape index (κ2) is 8.39. The van der Waals surface area contributed by atoms with E-state index in [0.717, 1.165) is 0 Å². The zero-order valence-corrected chi connectivity index (χ0v) is 14.8. The van der Waals surface area contributed by atoms with Crippen molar-refractivity contribution in [3.63, 3.8) is 0 Å². The fraction of sp³-hybridized carbons (Fsp3) is 0.316. The molecule has 0 bridgehead atoms. The Morgan fingerprint density at radius 1 is 1.26 bits per heavy atom. The van der Waals surface area contributed by atoms with Crippen LogP contribution in [0.25, 0.3) is 0 Å². The first-order chi connectivity index (χ1) is 13.0. The molecule has 8 heteroatoms. The van der Waals surface area contributed by atoms with Crippen molar-refractivity contribution in [1.29, 1.82) is 0 Å². The lowest BCUT2D eigenvalue weighted by atomic mass is 10.2. The van der Waals surface area contributed by atoms with E-state index in [-0.39, 0.29) is 32.0 Å². The summed E-state index contributed by atoms with van der Waals surface area (Å²) in [5.74, 6) is -0.0202. The molecule has 0 saturated heterocycles. The molecule has 142 valence electrons. The molecular formula is C19H20N2O6. The Balaban J connectivity index is 1.48. The highest BCUT2D eigenvalue weighted by molar-refractivity contribution is 5.98. The highest BCUT2D eigenvalue weighted by atomic mass is 16.5. The molecule has 0 aliphatic carbocycles. The van der Waals surface area contributed by atoms with E-state index in [1.165, 1.54) is 18.1 Å². The van der Waals surface area contributed by atoms with Crippen LogP contribution in [0.15, 0.2) is 47.1 Å². The number of fused-ring (bicyclic) bond motifs is 1. The highest BCUT2D eigenvalue weighted by Gasteiger charge is 2.26. The molecule has 1 aliphatic heterocycles. The molecule has 3 rings (SSSR count). The van der Waals surface area contributed by atoms with Crippen LogP contribution in [0.3, 0.4) is 0 Å². The molecule has 0 radical (unpaired) electrons. The van der Waals surface area contributed by atoms with Gasteiger partial charge in [-0.2, -0.15) is 0 Å². The van der Waals surface area contributed by atoms with E-state index in [1.807, 2.05) is 6.07 Å². The molecule has 0 saturated carbocycles. The Morgan fingerprint density at radius 2 is 2.07 bits per heavy atom. The van der Waals surface area contributed by atoms with E-state index in [9.17, 15) is 14.4 Å². The Bertz CT molecular complexity index is 817. The van der Waals surface area contributed by atoms with Gasteiger partial charge in [0.25, 0.3) is 11.8 Å². The molecule has 0 unspecified atom stereocenters. The molecule has 1 N–H and O–H groups in total. The predicted octanol–water partition coefficient (Wildman–Crippen LogP) is 1.64. The number of amides is 2. The van der Waals surface area contributed by atoms with E-state index in [1.54, 1.807) is 30.3 Å². The van der Waals surface area contributed by atoms with Gasteiger partial charge in [0, 0.05) is 6.54 Å². The van der Waals surface area contributed by atoms with Crippen molar-refractivity contribution in [2.45, 2.75) is 26.0 Å². The Hall–Kier alpha value is -3.29. The Morgan fingerprint density at radius 3 is 2.85 bits per heavy atom. The molecule has 27 heavy (non-hydrogen) atoms. The van der Waals surface area contributed by atoms with E-state index in [0.29, 0.717) is 17.2 Å². The second-order valence-corrected chi connectivity index (χ2v) is 5.98. The smallest absolute Gasteiger partial charge is 0.308 e. The third-order valence-electron chi connectivity index (χ3n) is 4.04. The number of para-hydroxylation sites is 2. The maximum Gasteiger partial charge on any atom is 0.308 e. The van der Waals surface area contributed by atoms with Gasteiger partial charge in [0.1, 0.15) is 11.5 Å². The van der Waals surface area contributed by atoms with Gasteiger partial charge >= 0.3 is 5.97 Å². The average molecular weight is 372 g/mol. The fourth-order valence-corrected chi connectivity index (χ4v) is 2.64. The molecule has 1 aromatic heterocycles. The van der Waals surface area contributed by atoms with Crippen LogP contribution in [0.5, 0.6) is 5.75 Å². The van der Waals surface area contributed by atoms with Gasteiger partial charge in [0.05, 0.1) is 24.9 Å². The summed E-state index contributed by atoms with van der Waals surface area (Å²) in [6.07, 6.45) is 0.534. The summed E-state index contributed by atoms with van der Waals surface area (Å²) >= 11 is 0. The minimum Gasteiger partial charge on any atom is -0.482 e. The second-order valence-electron chi connectivity index (χ2n) is 5.98. The zero-order valence-electron chi connectivity index (χ0n) is 14.8. The third-order valence-corrected chi connectivity index (χ3v) is 4.04. The van der Waals surface area contributed by atoms with Gasteiger partial charge in [-0.1, -0.05) is 12.1 Å². The number of furan rings is 1. The SMILES string of the molecule is C[C@H](OC(=O)CCN1C(=O)COc2ccccc21)C(=O)NCc1ccco1. The van der Waals surface area contributed by atoms with Gasteiger partial charge in [0.2, 0.25) is 0 Å². The van der Waals surface area contributed by atoms with Crippen LogP contribution in [0.1, 0.15) is 19.1 Å². The van der Waals surface area contributed by atoms with Crippen molar-refractivity contribution in [3.05, 3.63) is 48.4 Å². The number of ether oxygens (including phenoxy) is 2. The summed E-state index contributed by atoms with van der Waals surface area (Å²) in [7, 11) is 0. The highest BCUT2D eigenvalue weighted by Crippen LogP contribution is 2.31. The number of hydrogen-bond acceptors (Lipinski definition) is 6. The number of anilines is 1. The number of nitrogens with zero attached hydrogens (tertiary/aromatic N) is 1. The molecule has 0 spiro atoms. The molecular weight excluding hydrogens is 352 g/mol. The Kier molecular flexibility index (Phi) is 5.75. The minimum atomic E-state index is -0.944. The maximum atomic E-state index is 12.1. The number of carbonyl (C=O) groups excluding carboxylic acids is 3. The summed E-state index contributed by atoms with van der Waals surface area (Å²) in [5, 5.41) is 2.62. The lowest BCUT2D eigenvalue weighted by molar-refractivity contribution is -0.154. The Labute approximate surface area is 156 Å². The quantitative estimate of drug-likeness (QED) is 0.742. The maximum absolute atomic E-state index is 12.1. The van der Waals surface area contributed by atoms with Gasteiger partial charge < -0.3 is 24.1 Å². The van der Waals surface area contributed by atoms with Crippen molar-refractivity contribution in [3.8, 4) is 5.75 Å². The van der Waals surface area contributed by atoms with Crippen molar-refractivity contribution < 1.29 is 28.3 Å². The molecule has 1 aliphatic rings. The number of benzene rings is 1. The van der Waals surface area contributed by atoms with Crippen molar-refractivity contribution >= 4 is 23.5 Å². The lowest BCUT2D eigenvalue weighted by Gasteiger charge is -2.29. The normalized spacial score (nSPS) is 14.1. The van der Waals surface area contributed by atoms with E-state index in [2.05, 4.69) is 5.32 Å². The molecule has 2 amide bonds. The van der Waals surface area contributed by atoms with Crippen LogP contribution < -0.4 is 15.0 Å². The number of hydrogen-bond donors (Lipinski definition) is 1. The summed E-state index contributed by atoms with van der Waals surface area (Å²) in [5.41, 5.74) is 0.616. The van der Waals surface area contributed by atoms with Gasteiger partial charge in [-0.3, -0.25) is 14.4 Å². The van der Waals surface area contributed by atoms with E-state index >= 15 is 0 Å². The topological polar surface area (TPSA) is 98.1 Å². The van der Waals surface area contributed by atoms with Gasteiger partial charge in [0.15, 0.2) is 12.7 Å². The minimum absolute atomic E-state index is 0.0319. The van der Waals surface area contributed by atoms with Crippen LogP contribution in [0, 0.1) is 0 Å². The van der Waals surface area contributed by atoms with Crippen LogP contribution in [-0.4, -0.2) is 37.0 Å². The van der Waals surface area contributed by atoms with Crippen molar-refractivity contribution in [1.82, 2.24) is 5.32 Å².